The molecule has 0 amide bonds. The van der Waals surface area contributed by atoms with Gasteiger partial charge < -0.3 is 14.6 Å². The van der Waals surface area contributed by atoms with Gasteiger partial charge in [0, 0.05) is 0 Å². The highest BCUT2D eigenvalue weighted by atomic mass is 19.3. The Bertz CT molecular complexity index is 188. The summed E-state index contributed by atoms with van der Waals surface area (Å²) in [6.45, 7) is 0. The summed E-state index contributed by atoms with van der Waals surface area (Å²) < 4.78 is 29.0. The average Bonchev–Trinajstić information content (AvgIpc) is 2.05. The van der Waals surface area contributed by atoms with Crippen LogP contribution in [-0.2, 0) is 9.53 Å². The molecular weight excluding hydrogens is 182 g/mol. The molecule has 0 aromatic carbocycles. The second-order valence-electron chi connectivity index (χ2n) is 3.18. The zero-order valence-electron chi connectivity index (χ0n) is 7.09. The zero-order chi connectivity index (χ0) is 9.90. The van der Waals surface area contributed by atoms with Crippen molar-refractivity contribution in [1.29, 1.82) is 0 Å². The van der Waals surface area contributed by atoms with Crippen molar-refractivity contribution in [3.8, 4) is 0 Å². The Morgan fingerprint density at radius 3 is 2.31 bits per heavy atom. The molecule has 0 aromatic heterocycles. The number of alkyl halides is 2. The van der Waals surface area contributed by atoms with Crippen LogP contribution in [0.25, 0.3) is 0 Å². The first-order chi connectivity index (χ1) is 6.02. The first-order valence-corrected chi connectivity index (χ1v) is 4.29. The Hall–Kier alpha value is -0.710. The lowest BCUT2D eigenvalue weighted by Gasteiger charge is -2.27. The Morgan fingerprint density at radius 2 is 1.85 bits per heavy atom. The van der Waals surface area contributed by atoms with E-state index < -0.39 is 18.2 Å². The number of carbonyl (C=O) groups is 1. The SMILES string of the molecule is O=C([O-])C(F)(F)OC1CCCCC1. The van der Waals surface area contributed by atoms with Crippen molar-refractivity contribution in [1.82, 2.24) is 0 Å². The van der Waals surface area contributed by atoms with Crippen molar-refractivity contribution in [2.75, 3.05) is 0 Å². The molecule has 0 aromatic rings. The van der Waals surface area contributed by atoms with Gasteiger partial charge in [-0.15, -0.1) is 0 Å². The fourth-order valence-corrected chi connectivity index (χ4v) is 1.44. The van der Waals surface area contributed by atoms with Crippen molar-refractivity contribution in [2.45, 2.75) is 44.3 Å². The minimum Gasteiger partial charge on any atom is -0.542 e. The van der Waals surface area contributed by atoms with E-state index in [-0.39, 0.29) is 0 Å². The third-order valence-electron chi connectivity index (χ3n) is 2.10. The van der Waals surface area contributed by atoms with Crippen LogP contribution in [0.4, 0.5) is 8.78 Å². The zero-order valence-corrected chi connectivity index (χ0v) is 7.09. The molecule has 1 saturated carbocycles. The molecule has 1 fully saturated rings. The highest BCUT2D eigenvalue weighted by molar-refractivity contribution is 5.71. The van der Waals surface area contributed by atoms with Crippen LogP contribution in [0.1, 0.15) is 32.1 Å². The van der Waals surface area contributed by atoms with E-state index in [0.717, 1.165) is 19.3 Å². The molecule has 5 heteroatoms. The third kappa shape index (κ3) is 2.91. The van der Waals surface area contributed by atoms with Crippen LogP contribution in [0.2, 0.25) is 0 Å². The molecule has 0 bridgehead atoms. The number of hydrogen-bond donors (Lipinski definition) is 0. The second-order valence-corrected chi connectivity index (χ2v) is 3.18. The molecule has 0 saturated heterocycles. The van der Waals surface area contributed by atoms with E-state index >= 15 is 0 Å². The molecule has 0 aliphatic heterocycles. The molecule has 13 heavy (non-hydrogen) atoms. The maximum Gasteiger partial charge on any atom is 0.397 e. The summed E-state index contributed by atoms with van der Waals surface area (Å²) >= 11 is 0. The molecule has 0 atom stereocenters. The van der Waals surface area contributed by atoms with Crippen LogP contribution in [0, 0.1) is 0 Å². The summed E-state index contributed by atoms with van der Waals surface area (Å²) in [5, 5.41) is 9.91. The number of halogens is 2. The average molecular weight is 193 g/mol. The summed E-state index contributed by atoms with van der Waals surface area (Å²) in [6.07, 6.45) is -1.15. The van der Waals surface area contributed by atoms with Gasteiger partial charge in [0.1, 0.15) is 5.97 Å². The maximum absolute atomic E-state index is 12.4. The van der Waals surface area contributed by atoms with E-state index in [4.69, 9.17) is 0 Å². The molecule has 0 unspecified atom stereocenters. The standard InChI is InChI=1S/C8H12F2O3/c9-8(10,7(11)12)13-6-4-2-1-3-5-6/h6H,1-5H2,(H,11,12)/p-1. The number of carboxylic acids is 1. The first kappa shape index (κ1) is 10.4. The quantitative estimate of drug-likeness (QED) is 0.662. The van der Waals surface area contributed by atoms with Crippen molar-refractivity contribution >= 4 is 5.97 Å². The van der Waals surface area contributed by atoms with Gasteiger partial charge in [-0.25, -0.2) is 0 Å². The summed E-state index contributed by atoms with van der Waals surface area (Å²) in [6, 6.07) is 0. The van der Waals surface area contributed by atoms with Crippen molar-refractivity contribution < 1.29 is 23.4 Å². The van der Waals surface area contributed by atoms with Gasteiger partial charge in [-0.2, -0.15) is 8.78 Å². The van der Waals surface area contributed by atoms with Gasteiger partial charge in [0.15, 0.2) is 0 Å². The lowest BCUT2D eigenvalue weighted by atomic mass is 9.98. The van der Waals surface area contributed by atoms with Gasteiger partial charge >= 0.3 is 6.11 Å². The number of carboxylic acid groups (broad SMARTS) is 1. The number of rotatable bonds is 3. The van der Waals surface area contributed by atoms with E-state index in [1.165, 1.54) is 0 Å². The van der Waals surface area contributed by atoms with Gasteiger partial charge in [-0.1, -0.05) is 19.3 Å². The van der Waals surface area contributed by atoms with Gasteiger partial charge in [0.25, 0.3) is 0 Å². The molecule has 0 radical (unpaired) electrons. The monoisotopic (exact) mass is 193 g/mol. The third-order valence-corrected chi connectivity index (χ3v) is 2.10. The number of ether oxygens (including phenoxy) is 1. The van der Waals surface area contributed by atoms with Crippen LogP contribution >= 0.6 is 0 Å². The van der Waals surface area contributed by atoms with Crippen LogP contribution in [0.3, 0.4) is 0 Å². The van der Waals surface area contributed by atoms with E-state index in [9.17, 15) is 18.7 Å². The van der Waals surface area contributed by atoms with Gasteiger partial charge in [0.05, 0.1) is 6.10 Å². The van der Waals surface area contributed by atoms with Crippen LogP contribution < -0.4 is 5.11 Å². The van der Waals surface area contributed by atoms with Gasteiger partial charge in [-0.05, 0) is 12.8 Å². The van der Waals surface area contributed by atoms with Crippen molar-refractivity contribution in [2.24, 2.45) is 0 Å². The Balaban J connectivity index is 2.41. The van der Waals surface area contributed by atoms with Crippen LogP contribution in [0.5, 0.6) is 0 Å². The largest absolute Gasteiger partial charge is 0.542 e. The Morgan fingerprint density at radius 1 is 1.31 bits per heavy atom. The fourth-order valence-electron chi connectivity index (χ4n) is 1.44. The molecular formula is C8H11F2O3-. The fraction of sp³-hybridized carbons (Fsp3) is 0.875. The topological polar surface area (TPSA) is 49.4 Å². The van der Waals surface area contributed by atoms with E-state index in [2.05, 4.69) is 4.74 Å². The lowest BCUT2D eigenvalue weighted by molar-refractivity contribution is -0.369. The van der Waals surface area contributed by atoms with E-state index in [1.807, 2.05) is 0 Å². The second kappa shape index (κ2) is 4.00. The molecule has 1 aliphatic carbocycles. The summed E-state index contributed by atoms with van der Waals surface area (Å²) in [5.41, 5.74) is 0. The van der Waals surface area contributed by atoms with Crippen molar-refractivity contribution in [3.05, 3.63) is 0 Å². The molecule has 1 aliphatic rings. The Labute approximate surface area is 74.7 Å². The highest BCUT2D eigenvalue weighted by Crippen LogP contribution is 2.26. The molecule has 0 spiro atoms. The predicted molar refractivity (Wildman–Crippen MR) is 37.9 cm³/mol. The maximum atomic E-state index is 12.4. The number of hydrogen-bond acceptors (Lipinski definition) is 3. The van der Waals surface area contributed by atoms with E-state index in [1.54, 1.807) is 0 Å². The normalized spacial score (nSPS) is 20.2. The van der Waals surface area contributed by atoms with Gasteiger partial charge in [-0.3, -0.25) is 0 Å². The first-order valence-electron chi connectivity index (χ1n) is 4.29. The van der Waals surface area contributed by atoms with Crippen molar-refractivity contribution in [3.63, 3.8) is 0 Å². The molecule has 76 valence electrons. The molecule has 1 rings (SSSR count). The minimum atomic E-state index is -4.14. The van der Waals surface area contributed by atoms with Crippen LogP contribution in [0.15, 0.2) is 0 Å². The molecule has 0 heterocycles. The summed E-state index contributed by atoms with van der Waals surface area (Å²) in [4.78, 5) is 9.91. The summed E-state index contributed by atoms with van der Waals surface area (Å²) in [7, 11) is 0. The molecule has 3 nitrogen and oxygen atoms in total. The number of carbonyl (C=O) groups excluding carboxylic acids is 1. The Kier molecular flexibility index (Phi) is 3.19. The lowest BCUT2D eigenvalue weighted by Crippen LogP contribution is -2.45. The number of aliphatic carboxylic acids is 1. The van der Waals surface area contributed by atoms with Gasteiger partial charge in [0.2, 0.25) is 0 Å². The molecule has 0 N–H and O–H groups in total. The smallest absolute Gasteiger partial charge is 0.397 e. The van der Waals surface area contributed by atoms with E-state index in [0.29, 0.717) is 12.8 Å². The minimum absolute atomic E-state index is 0.503. The predicted octanol–water partition coefficient (Wildman–Crippen LogP) is 0.678. The highest BCUT2D eigenvalue weighted by Gasteiger charge is 2.35. The summed E-state index contributed by atoms with van der Waals surface area (Å²) in [5.74, 6) is -2.46. The van der Waals surface area contributed by atoms with Crippen LogP contribution in [-0.4, -0.2) is 18.2 Å².